The molecule has 0 radical (unpaired) electrons. The molecule has 0 aliphatic carbocycles. The van der Waals surface area contributed by atoms with Gasteiger partial charge in [-0.25, -0.2) is 0 Å². The largest absolute Gasteiger partial charge is 0.486 e. The molecule has 1 aliphatic rings. The third-order valence-corrected chi connectivity index (χ3v) is 6.22. The summed E-state index contributed by atoms with van der Waals surface area (Å²) in [6.45, 7) is 3.25. The first-order valence-electron chi connectivity index (χ1n) is 6.56. The summed E-state index contributed by atoms with van der Waals surface area (Å²) in [5.74, 6) is 1.47. The van der Waals surface area contributed by atoms with Crippen molar-refractivity contribution in [3.8, 4) is 11.5 Å². The highest BCUT2D eigenvalue weighted by atomic mass is 127. The Labute approximate surface area is 151 Å². The van der Waals surface area contributed by atoms with Crippen molar-refractivity contribution in [2.45, 2.75) is 11.8 Å². The van der Waals surface area contributed by atoms with Crippen molar-refractivity contribution < 1.29 is 9.47 Å². The molecular formula is C16H13BrClIO2. The Balaban J connectivity index is 2.05. The Morgan fingerprint density at radius 3 is 2.52 bits per heavy atom. The fourth-order valence-electron chi connectivity index (χ4n) is 2.31. The van der Waals surface area contributed by atoms with Gasteiger partial charge in [0.15, 0.2) is 11.5 Å². The number of hydrogen-bond donors (Lipinski definition) is 0. The van der Waals surface area contributed by atoms with Crippen LogP contribution in [-0.4, -0.2) is 13.2 Å². The maximum absolute atomic E-state index is 6.43. The van der Waals surface area contributed by atoms with Gasteiger partial charge >= 0.3 is 0 Å². The summed E-state index contributed by atoms with van der Waals surface area (Å²) in [7, 11) is 0. The second kappa shape index (κ2) is 6.34. The minimum Gasteiger partial charge on any atom is -0.486 e. The lowest BCUT2D eigenvalue weighted by Crippen LogP contribution is -2.15. The molecule has 1 atom stereocenters. The quantitative estimate of drug-likeness (QED) is 0.418. The lowest BCUT2D eigenvalue weighted by atomic mass is 10.0. The van der Waals surface area contributed by atoms with Gasteiger partial charge < -0.3 is 9.47 Å². The van der Waals surface area contributed by atoms with Gasteiger partial charge in [0.1, 0.15) is 13.2 Å². The number of ether oxygens (including phenoxy) is 2. The normalized spacial score (nSPS) is 14.9. The van der Waals surface area contributed by atoms with Crippen molar-refractivity contribution in [3.63, 3.8) is 0 Å². The summed E-state index contributed by atoms with van der Waals surface area (Å²) >= 11 is 12.6. The van der Waals surface area contributed by atoms with E-state index in [-0.39, 0.29) is 4.83 Å². The second-order valence-corrected chi connectivity index (χ2v) is 7.26. The zero-order chi connectivity index (χ0) is 15.0. The fourth-order valence-corrected chi connectivity index (χ4v) is 4.56. The van der Waals surface area contributed by atoms with E-state index in [4.69, 9.17) is 21.1 Å². The van der Waals surface area contributed by atoms with Crippen molar-refractivity contribution in [1.82, 2.24) is 0 Å². The molecule has 2 aromatic carbocycles. The van der Waals surface area contributed by atoms with Gasteiger partial charge in [-0.2, -0.15) is 0 Å². The zero-order valence-electron chi connectivity index (χ0n) is 11.3. The molecule has 0 saturated heterocycles. The molecule has 110 valence electrons. The maximum atomic E-state index is 6.43. The van der Waals surface area contributed by atoms with Gasteiger partial charge in [0.05, 0.1) is 4.83 Å². The molecule has 1 unspecified atom stereocenters. The molecule has 21 heavy (non-hydrogen) atoms. The summed E-state index contributed by atoms with van der Waals surface area (Å²) in [5, 5.41) is 0.679. The lowest BCUT2D eigenvalue weighted by Gasteiger charge is -2.22. The number of alkyl halides is 1. The molecule has 1 heterocycles. The molecule has 0 spiro atoms. The van der Waals surface area contributed by atoms with Gasteiger partial charge in [-0.05, 0) is 52.3 Å². The summed E-state index contributed by atoms with van der Waals surface area (Å²) in [5.41, 5.74) is 3.45. The van der Waals surface area contributed by atoms with Crippen LogP contribution < -0.4 is 9.47 Å². The Bertz CT molecular complexity index is 690. The third-order valence-electron chi connectivity index (χ3n) is 3.43. The SMILES string of the molecule is Cc1cccc(C(Br)c2cc3c(cc2Cl)OCCO3)c1I. The molecule has 2 aromatic rings. The van der Waals surface area contributed by atoms with Crippen LogP contribution in [0.2, 0.25) is 5.02 Å². The highest BCUT2D eigenvalue weighted by molar-refractivity contribution is 14.1. The predicted molar refractivity (Wildman–Crippen MR) is 97.1 cm³/mol. The Morgan fingerprint density at radius 1 is 1.14 bits per heavy atom. The first-order valence-corrected chi connectivity index (χ1v) is 8.93. The first kappa shape index (κ1) is 15.4. The van der Waals surface area contributed by atoms with E-state index >= 15 is 0 Å². The summed E-state index contributed by atoms with van der Waals surface area (Å²) in [6, 6.07) is 10.1. The van der Waals surface area contributed by atoms with Crippen LogP contribution in [0.3, 0.4) is 0 Å². The van der Waals surface area contributed by atoms with Crippen molar-refractivity contribution in [2.24, 2.45) is 0 Å². The minimum absolute atomic E-state index is 0.0210. The van der Waals surface area contributed by atoms with Gasteiger partial charge in [-0.15, -0.1) is 0 Å². The standard InChI is InChI=1S/C16H13BrClIO2/c1-9-3-2-4-10(16(9)19)15(17)11-7-13-14(8-12(11)18)21-6-5-20-13/h2-4,7-8,15H,5-6H2,1H3. The number of rotatable bonds is 2. The van der Waals surface area contributed by atoms with Gasteiger partial charge in [0, 0.05) is 14.7 Å². The van der Waals surface area contributed by atoms with Crippen molar-refractivity contribution >= 4 is 50.1 Å². The van der Waals surface area contributed by atoms with Crippen molar-refractivity contribution in [2.75, 3.05) is 13.2 Å². The number of fused-ring (bicyclic) bond motifs is 1. The van der Waals surface area contributed by atoms with E-state index < -0.39 is 0 Å². The lowest BCUT2D eigenvalue weighted by molar-refractivity contribution is 0.171. The summed E-state index contributed by atoms with van der Waals surface area (Å²) in [6.07, 6.45) is 0. The molecule has 0 amide bonds. The topological polar surface area (TPSA) is 18.5 Å². The monoisotopic (exact) mass is 478 g/mol. The van der Waals surface area contributed by atoms with Crippen LogP contribution in [0.1, 0.15) is 21.5 Å². The molecule has 2 nitrogen and oxygen atoms in total. The molecule has 0 fully saturated rings. The highest BCUT2D eigenvalue weighted by Gasteiger charge is 2.21. The van der Waals surface area contributed by atoms with Gasteiger partial charge in [-0.3, -0.25) is 0 Å². The average Bonchev–Trinajstić information content (AvgIpc) is 2.48. The first-order chi connectivity index (χ1) is 10.1. The molecule has 0 saturated carbocycles. The molecule has 0 aromatic heterocycles. The Hall–Kier alpha value is -0.460. The number of hydrogen-bond acceptors (Lipinski definition) is 2. The second-order valence-electron chi connectivity index (χ2n) is 4.86. The molecule has 0 N–H and O–H groups in total. The fraction of sp³-hybridized carbons (Fsp3) is 0.250. The van der Waals surface area contributed by atoms with Crippen LogP contribution in [-0.2, 0) is 0 Å². The van der Waals surface area contributed by atoms with Gasteiger partial charge in [0.2, 0.25) is 0 Å². The van der Waals surface area contributed by atoms with E-state index in [1.54, 1.807) is 0 Å². The third kappa shape index (κ3) is 3.03. The van der Waals surface area contributed by atoms with Gasteiger partial charge in [0.25, 0.3) is 0 Å². The van der Waals surface area contributed by atoms with E-state index in [9.17, 15) is 0 Å². The number of benzene rings is 2. The maximum Gasteiger partial charge on any atom is 0.162 e. The summed E-state index contributed by atoms with van der Waals surface area (Å²) < 4.78 is 12.5. The van der Waals surface area contributed by atoms with E-state index in [1.165, 1.54) is 14.7 Å². The van der Waals surface area contributed by atoms with Crippen molar-refractivity contribution in [1.29, 1.82) is 0 Å². The highest BCUT2D eigenvalue weighted by Crippen LogP contribution is 2.43. The molecule has 5 heteroatoms. The molecule has 1 aliphatic heterocycles. The molecular weight excluding hydrogens is 466 g/mol. The predicted octanol–water partition coefficient (Wildman–Crippen LogP) is 5.51. The van der Waals surface area contributed by atoms with Crippen LogP contribution >= 0.6 is 50.1 Å². The van der Waals surface area contributed by atoms with Crippen molar-refractivity contribution in [3.05, 3.63) is 55.6 Å². The average molecular weight is 480 g/mol. The van der Waals surface area contributed by atoms with Crippen LogP contribution in [0.25, 0.3) is 0 Å². The minimum atomic E-state index is 0.0210. The summed E-state index contributed by atoms with van der Waals surface area (Å²) in [4.78, 5) is 0.0210. The Morgan fingerprint density at radius 2 is 1.81 bits per heavy atom. The Kier molecular flexibility index (Phi) is 4.66. The van der Waals surface area contributed by atoms with E-state index in [1.807, 2.05) is 12.1 Å². The molecule has 3 rings (SSSR count). The van der Waals surface area contributed by atoms with Crippen LogP contribution in [0.15, 0.2) is 30.3 Å². The van der Waals surface area contributed by atoms with Crippen LogP contribution in [0, 0.1) is 10.5 Å². The number of halogens is 3. The zero-order valence-corrected chi connectivity index (χ0v) is 15.8. The van der Waals surface area contributed by atoms with Gasteiger partial charge in [-0.1, -0.05) is 45.7 Å². The van der Waals surface area contributed by atoms with Crippen LogP contribution in [0.4, 0.5) is 0 Å². The van der Waals surface area contributed by atoms with E-state index in [2.05, 4.69) is 63.6 Å². The van der Waals surface area contributed by atoms with Crippen LogP contribution in [0.5, 0.6) is 11.5 Å². The van der Waals surface area contributed by atoms with E-state index in [0.717, 1.165) is 11.3 Å². The number of aryl methyl sites for hydroxylation is 1. The molecule has 0 bridgehead atoms. The smallest absolute Gasteiger partial charge is 0.162 e. The van der Waals surface area contributed by atoms with E-state index in [0.29, 0.717) is 24.0 Å².